The molecular weight excluding hydrogens is 606 g/mol. The first kappa shape index (κ1) is 32.5. The van der Waals surface area contributed by atoms with E-state index in [0.29, 0.717) is 44.3 Å². The predicted octanol–water partition coefficient (Wildman–Crippen LogP) is 4.86. The largest absolute Gasteiger partial charge is 0.474 e. The van der Waals surface area contributed by atoms with Crippen molar-refractivity contribution in [3.63, 3.8) is 0 Å². The van der Waals surface area contributed by atoms with E-state index in [-0.39, 0.29) is 58.6 Å². The third kappa shape index (κ3) is 6.52. The van der Waals surface area contributed by atoms with Gasteiger partial charge in [-0.05, 0) is 56.7 Å². The van der Waals surface area contributed by atoms with Crippen LogP contribution in [0.2, 0.25) is 0 Å². The van der Waals surface area contributed by atoms with Crippen LogP contribution in [-0.2, 0) is 11.2 Å². The van der Waals surface area contributed by atoms with Gasteiger partial charge in [0.1, 0.15) is 29.0 Å². The van der Waals surface area contributed by atoms with Gasteiger partial charge in [-0.1, -0.05) is 6.92 Å². The van der Waals surface area contributed by atoms with E-state index in [1.165, 1.54) is 13.0 Å². The molecule has 0 spiro atoms. The number of nitrogens with one attached hydrogen (secondary N) is 2. The highest BCUT2D eigenvalue weighted by Gasteiger charge is 2.36. The van der Waals surface area contributed by atoms with Gasteiger partial charge in [0.2, 0.25) is 12.3 Å². The molecule has 3 aliphatic rings. The summed E-state index contributed by atoms with van der Waals surface area (Å²) in [5.41, 5.74) is 4.65. The second kappa shape index (κ2) is 13.7. The summed E-state index contributed by atoms with van der Waals surface area (Å²) in [6, 6.07) is 1.76. The molecule has 10 nitrogen and oxygen atoms in total. The zero-order valence-corrected chi connectivity index (χ0v) is 26.3. The van der Waals surface area contributed by atoms with Crippen LogP contribution in [0.3, 0.4) is 0 Å². The Hall–Kier alpha value is -3.49. The highest BCUT2D eigenvalue weighted by Crippen LogP contribution is 2.41. The van der Waals surface area contributed by atoms with Crippen molar-refractivity contribution in [1.29, 1.82) is 0 Å². The molecule has 2 aromatic heterocycles. The van der Waals surface area contributed by atoms with Crippen LogP contribution in [0.25, 0.3) is 22.2 Å². The van der Waals surface area contributed by atoms with Crippen molar-refractivity contribution in [2.24, 2.45) is 0 Å². The highest BCUT2D eigenvalue weighted by atomic mass is 19.3. The second-order valence-corrected chi connectivity index (χ2v) is 12.4. The van der Waals surface area contributed by atoms with E-state index in [2.05, 4.69) is 37.4 Å². The number of morpholine rings is 1. The number of rotatable bonds is 7. The lowest BCUT2D eigenvalue weighted by atomic mass is 9.94. The molecule has 0 saturated carbocycles. The summed E-state index contributed by atoms with van der Waals surface area (Å²) >= 11 is 0. The molecule has 0 amide bonds. The molecule has 0 bridgehead atoms. The molecule has 1 aromatic carbocycles. The zero-order chi connectivity index (χ0) is 32.5. The maximum Gasteiger partial charge on any atom is 0.319 e. The van der Waals surface area contributed by atoms with Crippen molar-refractivity contribution >= 4 is 22.4 Å². The first-order valence-corrected chi connectivity index (χ1v) is 16.0. The van der Waals surface area contributed by atoms with Crippen molar-refractivity contribution in [3.8, 4) is 23.1 Å². The van der Waals surface area contributed by atoms with Crippen molar-refractivity contribution in [3.05, 3.63) is 28.8 Å². The van der Waals surface area contributed by atoms with Gasteiger partial charge in [-0.3, -0.25) is 4.90 Å². The number of hydrogen-bond acceptors (Lipinski definition) is 10. The molecule has 250 valence electrons. The number of nitrogens with two attached hydrogens (primary N) is 1. The maximum atomic E-state index is 16.8. The first-order chi connectivity index (χ1) is 22.1. The molecule has 4 atom stereocenters. The number of nitrogens with zero attached hydrogens (tertiary/aromatic N) is 4. The van der Waals surface area contributed by atoms with Crippen LogP contribution in [0.1, 0.15) is 50.7 Å². The summed E-state index contributed by atoms with van der Waals surface area (Å²) in [6.07, 6.45) is -0.689. The number of hydrogen-bond donors (Lipinski definition) is 3. The molecule has 4 N–H and O–H groups in total. The Kier molecular flexibility index (Phi) is 9.67. The zero-order valence-electron chi connectivity index (χ0n) is 26.3. The molecule has 5 heterocycles. The van der Waals surface area contributed by atoms with Gasteiger partial charge >= 0.3 is 6.01 Å². The van der Waals surface area contributed by atoms with Gasteiger partial charge in [0, 0.05) is 49.7 Å². The summed E-state index contributed by atoms with van der Waals surface area (Å²) in [5, 5.41) is 6.90. The van der Waals surface area contributed by atoms with Crippen LogP contribution in [0, 0.1) is 18.6 Å². The number of anilines is 2. The van der Waals surface area contributed by atoms with E-state index in [1.807, 2.05) is 6.92 Å². The van der Waals surface area contributed by atoms with Crippen molar-refractivity contribution < 1.29 is 31.8 Å². The first-order valence-electron chi connectivity index (χ1n) is 16.0. The number of nitrogen functional groups attached to an aromatic ring is 1. The number of alkyl halides is 2. The lowest BCUT2D eigenvalue weighted by Gasteiger charge is -2.33. The molecule has 14 heteroatoms. The quantitative estimate of drug-likeness (QED) is 0.242. The van der Waals surface area contributed by atoms with Gasteiger partial charge in [-0.15, -0.1) is 0 Å². The second-order valence-electron chi connectivity index (χ2n) is 12.4. The number of pyridine rings is 1. The van der Waals surface area contributed by atoms with Crippen LogP contribution in [-0.4, -0.2) is 90.0 Å². The molecule has 3 aliphatic heterocycles. The molecule has 6 rings (SSSR count). The minimum absolute atomic E-state index is 0.0425. The normalized spacial score (nSPS) is 23.9. The van der Waals surface area contributed by atoms with Crippen molar-refractivity contribution in [2.45, 2.75) is 83.5 Å². The minimum Gasteiger partial charge on any atom is -0.474 e. The van der Waals surface area contributed by atoms with Gasteiger partial charge in [0.15, 0.2) is 11.6 Å². The summed E-state index contributed by atoms with van der Waals surface area (Å²) in [6.45, 7) is 8.90. The fourth-order valence-electron chi connectivity index (χ4n) is 6.87. The van der Waals surface area contributed by atoms with Gasteiger partial charge < -0.3 is 30.6 Å². The Morgan fingerprint density at radius 1 is 1.15 bits per heavy atom. The average molecular weight is 648 g/mol. The third-order valence-corrected chi connectivity index (χ3v) is 9.20. The molecule has 46 heavy (non-hydrogen) atoms. The minimum atomic E-state index is -2.82. The Balaban J connectivity index is 1.50. The summed E-state index contributed by atoms with van der Waals surface area (Å²) in [7, 11) is 0. The van der Waals surface area contributed by atoms with E-state index in [9.17, 15) is 8.78 Å². The molecule has 2 fully saturated rings. The van der Waals surface area contributed by atoms with Crippen LogP contribution < -0.4 is 25.8 Å². The van der Waals surface area contributed by atoms with Gasteiger partial charge in [-0.25, -0.2) is 22.5 Å². The fraction of sp³-hybridized carbons (Fsp3) is 0.594. The Morgan fingerprint density at radius 2 is 1.98 bits per heavy atom. The van der Waals surface area contributed by atoms with Gasteiger partial charge in [-0.2, -0.15) is 9.97 Å². The van der Waals surface area contributed by atoms with Crippen molar-refractivity contribution in [1.82, 2.24) is 25.2 Å². The van der Waals surface area contributed by atoms with Crippen LogP contribution in [0.15, 0.2) is 6.07 Å². The maximum absolute atomic E-state index is 16.8. The molecular formula is C32H41F4N7O3. The number of benzene rings is 1. The Labute approximate surface area is 265 Å². The highest BCUT2D eigenvalue weighted by molar-refractivity contribution is 5.96. The Morgan fingerprint density at radius 3 is 2.76 bits per heavy atom. The van der Waals surface area contributed by atoms with E-state index >= 15 is 8.78 Å². The van der Waals surface area contributed by atoms with E-state index in [1.54, 1.807) is 0 Å². The van der Waals surface area contributed by atoms with Gasteiger partial charge in [0.25, 0.3) is 0 Å². The molecule has 0 radical (unpaired) electrons. The summed E-state index contributed by atoms with van der Waals surface area (Å²) in [5.74, 6) is -1.86. The number of aryl methyl sites for hydroxylation is 1. The molecule has 1 unspecified atom stereocenters. The smallest absolute Gasteiger partial charge is 0.319 e. The van der Waals surface area contributed by atoms with Gasteiger partial charge in [0.05, 0.1) is 25.0 Å². The number of fused-ring (bicyclic) bond motifs is 1. The van der Waals surface area contributed by atoms with E-state index in [0.717, 1.165) is 25.8 Å². The third-order valence-electron chi connectivity index (χ3n) is 9.20. The monoisotopic (exact) mass is 647 g/mol. The lowest BCUT2D eigenvalue weighted by Crippen LogP contribution is -2.46. The number of ether oxygens (including phenoxy) is 3. The Bertz CT molecular complexity index is 1580. The average Bonchev–Trinajstić information content (AvgIpc) is 3.43. The van der Waals surface area contributed by atoms with E-state index < -0.39 is 41.8 Å². The fourth-order valence-corrected chi connectivity index (χ4v) is 6.87. The SMILES string of the molecule is CCC1C[C@H](C)Oc2nc(-c3c(F)c(N)cc(C)c3CC(F)F)c(F)c3nc(OC[C@@H]4CC[C@H]5COCCN54)nc(c23)NCCN1. The number of aromatic nitrogens is 3. The molecule has 3 aromatic rings. The van der Waals surface area contributed by atoms with E-state index in [4.69, 9.17) is 19.9 Å². The van der Waals surface area contributed by atoms with Crippen LogP contribution in [0.4, 0.5) is 29.1 Å². The standard InChI is InChI=1S/C32H41F4N7O3/c1-4-18-12-17(3)46-31-25-29(27(36)28(40-31)24-21(13-23(33)34)16(2)11-22(37)26(24)35)41-32(42-30(25)39-8-7-38-18)45-15-20-6-5-19-14-44-10-9-43(19)20/h11,17-20,23,38H,4-10,12-15,37H2,1-3H3,(H,39,41,42)/t17-,18?,19-,20-/m0/s1. The topological polar surface area (TPSA) is 120 Å². The summed E-state index contributed by atoms with van der Waals surface area (Å²) in [4.78, 5) is 15.9. The number of halogens is 4. The van der Waals surface area contributed by atoms with Crippen LogP contribution >= 0.6 is 0 Å². The summed E-state index contributed by atoms with van der Waals surface area (Å²) < 4.78 is 78.1. The van der Waals surface area contributed by atoms with Crippen molar-refractivity contribution in [2.75, 3.05) is 50.5 Å². The lowest BCUT2D eigenvalue weighted by molar-refractivity contribution is -0.0101. The predicted molar refractivity (Wildman–Crippen MR) is 167 cm³/mol. The molecule has 2 saturated heterocycles. The van der Waals surface area contributed by atoms with Crippen LogP contribution in [0.5, 0.6) is 11.9 Å². The molecule has 0 aliphatic carbocycles.